The lowest BCUT2D eigenvalue weighted by Gasteiger charge is -2.16. The third-order valence-electron chi connectivity index (χ3n) is 3.76. The summed E-state index contributed by atoms with van der Waals surface area (Å²) in [4.78, 5) is 16.9. The van der Waals surface area contributed by atoms with Crippen LogP contribution in [0.3, 0.4) is 0 Å². The van der Waals surface area contributed by atoms with Gasteiger partial charge in [0.2, 0.25) is 5.91 Å². The first-order valence-corrected chi connectivity index (χ1v) is 9.58. The molecular formula is C17H14F3N3OS2. The van der Waals surface area contributed by atoms with Gasteiger partial charge in [0, 0.05) is 6.04 Å². The summed E-state index contributed by atoms with van der Waals surface area (Å²) < 4.78 is 40.3. The fraction of sp³-hybridized carbons (Fsp3) is 0.353. The second-order valence-electron chi connectivity index (χ2n) is 5.87. The van der Waals surface area contributed by atoms with Gasteiger partial charge in [0.05, 0.1) is 26.9 Å². The van der Waals surface area contributed by atoms with E-state index in [1.165, 1.54) is 11.3 Å². The fourth-order valence-electron chi connectivity index (χ4n) is 2.26. The van der Waals surface area contributed by atoms with E-state index >= 15 is 0 Å². The van der Waals surface area contributed by atoms with Crippen LogP contribution in [-0.2, 0) is 11.0 Å². The molecule has 136 valence electrons. The van der Waals surface area contributed by atoms with Crippen LogP contribution in [0.25, 0.3) is 10.6 Å². The Morgan fingerprint density at radius 3 is 2.77 bits per heavy atom. The highest BCUT2D eigenvalue weighted by atomic mass is 32.2. The Morgan fingerprint density at radius 2 is 2.23 bits per heavy atom. The first-order chi connectivity index (χ1) is 12.3. The molecule has 1 fully saturated rings. The lowest BCUT2D eigenvalue weighted by molar-refractivity contribution is -0.138. The third-order valence-corrected chi connectivity index (χ3v) is 5.74. The molecule has 3 rings (SSSR count). The summed E-state index contributed by atoms with van der Waals surface area (Å²) in [5.41, 5.74) is -1.44. The normalized spacial score (nSPS) is 15.3. The molecule has 26 heavy (non-hydrogen) atoms. The number of pyridine rings is 1. The van der Waals surface area contributed by atoms with E-state index in [0.717, 1.165) is 30.7 Å². The van der Waals surface area contributed by atoms with Gasteiger partial charge in [-0.1, -0.05) is 17.8 Å². The molecule has 0 unspecified atom stereocenters. The Balaban J connectivity index is 2.00. The van der Waals surface area contributed by atoms with Crippen LogP contribution in [0.4, 0.5) is 13.2 Å². The highest BCUT2D eigenvalue weighted by Gasteiger charge is 2.37. The number of rotatable bonds is 5. The van der Waals surface area contributed by atoms with E-state index in [0.29, 0.717) is 4.88 Å². The van der Waals surface area contributed by atoms with Crippen molar-refractivity contribution in [3.05, 3.63) is 34.7 Å². The number of hydrogen-bond donors (Lipinski definition) is 1. The Bertz CT molecular complexity index is 855. The number of nitriles is 1. The molecule has 2 aromatic rings. The van der Waals surface area contributed by atoms with Gasteiger partial charge < -0.3 is 5.32 Å². The highest BCUT2D eigenvalue weighted by molar-refractivity contribution is 8.00. The van der Waals surface area contributed by atoms with E-state index in [4.69, 9.17) is 0 Å². The summed E-state index contributed by atoms with van der Waals surface area (Å²) in [6, 6.07) is 6.03. The number of nitrogens with zero attached hydrogens (tertiary/aromatic N) is 2. The molecule has 0 radical (unpaired) electrons. The van der Waals surface area contributed by atoms with Gasteiger partial charge in [0.25, 0.3) is 0 Å². The van der Waals surface area contributed by atoms with E-state index in [1.807, 2.05) is 0 Å². The summed E-state index contributed by atoms with van der Waals surface area (Å²) in [5, 5.41) is 13.1. The van der Waals surface area contributed by atoms with E-state index < -0.39 is 22.6 Å². The van der Waals surface area contributed by atoms with E-state index in [2.05, 4.69) is 10.3 Å². The smallest absolute Gasteiger partial charge is 0.352 e. The van der Waals surface area contributed by atoms with Crippen molar-refractivity contribution in [2.24, 2.45) is 0 Å². The van der Waals surface area contributed by atoms with E-state index in [-0.39, 0.29) is 22.7 Å². The monoisotopic (exact) mass is 397 g/mol. The number of carbonyl (C=O) groups is 1. The van der Waals surface area contributed by atoms with Crippen molar-refractivity contribution in [3.63, 3.8) is 0 Å². The minimum atomic E-state index is -4.69. The highest BCUT2D eigenvalue weighted by Crippen LogP contribution is 2.39. The number of alkyl halides is 3. The summed E-state index contributed by atoms with van der Waals surface area (Å²) in [6.07, 6.45) is -2.86. The van der Waals surface area contributed by atoms with Crippen molar-refractivity contribution >= 4 is 29.0 Å². The number of thioether (sulfide) groups is 1. The Morgan fingerprint density at radius 1 is 1.50 bits per heavy atom. The Kier molecular flexibility index (Phi) is 5.25. The van der Waals surface area contributed by atoms with Gasteiger partial charge >= 0.3 is 6.18 Å². The van der Waals surface area contributed by atoms with Gasteiger partial charge in [0.1, 0.15) is 11.1 Å². The van der Waals surface area contributed by atoms with Crippen molar-refractivity contribution in [3.8, 4) is 16.6 Å². The molecule has 0 aliphatic heterocycles. The van der Waals surface area contributed by atoms with Crippen LogP contribution in [0.1, 0.15) is 30.9 Å². The summed E-state index contributed by atoms with van der Waals surface area (Å²) >= 11 is 2.13. The van der Waals surface area contributed by atoms with E-state index in [9.17, 15) is 23.2 Å². The first kappa shape index (κ1) is 18.7. The largest absolute Gasteiger partial charge is 0.417 e. The summed E-state index contributed by atoms with van der Waals surface area (Å²) in [5.74, 6) is -0.265. The fourth-order valence-corrected chi connectivity index (χ4v) is 3.88. The third kappa shape index (κ3) is 4.19. The summed E-state index contributed by atoms with van der Waals surface area (Å²) in [7, 11) is 0. The van der Waals surface area contributed by atoms with Crippen LogP contribution in [0.5, 0.6) is 0 Å². The van der Waals surface area contributed by atoms with Crippen molar-refractivity contribution in [2.75, 3.05) is 0 Å². The molecular weight excluding hydrogens is 383 g/mol. The molecule has 0 saturated heterocycles. The standard InChI is InChI=1S/C17H14F3N3OS2/c1-9(15(24)22-10-4-5-10)26-16-11(8-21)12(17(18,19)20)7-13(23-16)14-3-2-6-25-14/h2-3,6-7,9-10H,4-5H2,1H3,(H,22,24)/t9-/m0/s1. The zero-order valence-electron chi connectivity index (χ0n) is 13.6. The molecule has 2 heterocycles. The Hall–Kier alpha value is -2.05. The van der Waals surface area contributed by atoms with Gasteiger partial charge in [-0.2, -0.15) is 18.4 Å². The maximum atomic E-state index is 13.4. The van der Waals surface area contributed by atoms with Gasteiger partial charge in [-0.05, 0) is 37.3 Å². The number of amides is 1. The van der Waals surface area contributed by atoms with Crippen molar-refractivity contribution in [1.82, 2.24) is 10.3 Å². The molecule has 9 heteroatoms. The molecule has 1 aliphatic carbocycles. The predicted molar refractivity (Wildman–Crippen MR) is 93.8 cm³/mol. The van der Waals surface area contributed by atoms with Gasteiger partial charge in [-0.3, -0.25) is 4.79 Å². The first-order valence-electron chi connectivity index (χ1n) is 7.83. The van der Waals surface area contributed by atoms with Crippen LogP contribution < -0.4 is 5.32 Å². The maximum Gasteiger partial charge on any atom is 0.417 e. The SMILES string of the molecule is C[C@H](Sc1nc(-c2cccs2)cc(C(F)(F)F)c1C#N)C(=O)NC1CC1. The second-order valence-corrected chi connectivity index (χ2v) is 8.14. The molecule has 1 aliphatic rings. The van der Waals surface area contributed by atoms with Crippen LogP contribution in [0.2, 0.25) is 0 Å². The minimum Gasteiger partial charge on any atom is -0.352 e. The number of carbonyl (C=O) groups excluding carboxylic acids is 1. The minimum absolute atomic E-state index is 0.0795. The lowest BCUT2D eigenvalue weighted by atomic mass is 10.1. The molecule has 1 saturated carbocycles. The van der Waals surface area contributed by atoms with Gasteiger partial charge in [0.15, 0.2) is 0 Å². The quantitative estimate of drug-likeness (QED) is 0.757. The molecule has 4 nitrogen and oxygen atoms in total. The lowest BCUT2D eigenvalue weighted by Crippen LogP contribution is -2.32. The van der Waals surface area contributed by atoms with Crippen molar-refractivity contribution in [1.29, 1.82) is 5.26 Å². The molecule has 0 spiro atoms. The summed E-state index contributed by atoms with van der Waals surface area (Å²) in [6.45, 7) is 1.59. The molecule has 2 aromatic heterocycles. The molecule has 0 aromatic carbocycles. The molecule has 1 amide bonds. The van der Waals surface area contributed by atoms with Crippen LogP contribution in [0.15, 0.2) is 28.6 Å². The van der Waals surface area contributed by atoms with Crippen molar-refractivity contribution < 1.29 is 18.0 Å². The molecule has 0 bridgehead atoms. The molecule has 1 N–H and O–H groups in total. The number of thiophene rings is 1. The number of halogens is 3. The van der Waals surface area contributed by atoms with Gasteiger partial charge in [-0.25, -0.2) is 4.98 Å². The number of aromatic nitrogens is 1. The number of hydrogen-bond acceptors (Lipinski definition) is 5. The van der Waals surface area contributed by atoms with Crippen LogP contribution in [0, 0.1) is 11.3 Å². The Labute approximate surface area is 156 Å². The van der Waals surface area contributed by atoms with E-state index in [1.54, 1.807) is 30.5 Å². The zero-order valence-corrected chi connectivity index (χ0v) is 15.3. The predicted octanol–water partition coefficient (Wildman–Crippen LogP) is 4.46. The average molecular weight is 397 g/mol. The average Bonchev–Trinajstić information content (AvgIpc) is 3.22. The van der Waals surface area contributed by atoms with Gasteiger partial charge in [-0.15, -0.1) is 11.3 Å². The second kappa shape index (κ2) is 7.29. The maximum absolute atomic E-state index is 13.4. The van der Waals surface area contributed by atoms with Crippen LogP contribution >= 0.6 is 23.1 Å². The molecule has 1 atom stereocenters. The van der Waals surface area contributed by atoms with Crippen LogP contribution in [-0.4, -0.2) is 22.2 Å². The zero-order chi connectivity index (χ0) is 18.9. The van der Waals surface area contributed by atoms with Crippen molar-refractivity contribution in [2.45, 2.75) is 42.3 Å². The number of nitrogens with one attached hydrogen (secondary N) is 1. The topological polar surface area (TPSA) is 65.8 Å².